The van der Waals surface area contributed by atoms with E-state index in [2.05, 4.69) is 38.2 Å². The van der Waals surface area contributed by atoms with Crippen LogP contribution in [0.25, 0.3) is 0 Å². The van der Waals surface area contributed by atoms with E-state index in [1.54, 1.807) is 0 Å². The van der Waals surface area contributed by atoms with Crippen LogP contribution in [0.4, 0.5) is 0 Å². The van der Waals surface area contributed by atoms with E-state index < -0.39 is 18.2 Å². The molecule has 0 aliphatic rings. The van der Waals surface area contributed by atoms with E-state index in [9.17, 15) is 19.8 Å². The molecule has 55 heavy (non-hydrogen) atoms. The number of unbranched alkanes of at least 4 members (excludes halogenated alkanes) is 30. The lowest BCUT2D eigenvalue weighted by Crippen LogP contribution is -2.46. The van der Waals surface area contributed by atoms with Gasteiger partial charge in [-0.05, 0) is 44.9 Å². The standard InChI is InChI=1S/C49H95NO5/c1-4-7-10-13-16-19-21-22-23-24-25-26-28-29-32-35-38-41-47(52)46(44-51)50-48(53)43-45(40-37-34-31-18-15-12-9-6-3)55-49(54)42-39-36-33-30-27-20-17-14-11-8-5-2/h14,17,45-47,51-52H,4-13,15-16,18-44H2,1-3H3,(H,50,53)/b17-14-. The number of nitrogens with one attached hydrogen (secondary N) is 1. The van der Waals surface area contributed by atoms with Crippen LogP contribution in [0, 0.1) is 0 Å². The van der Waals surface area contributed by atoms with Crippen LogP contribution in [0.3, 0.4) is 0 Å². The van der Waals surface area contributed by atoms with Crippen LogP contribution in [0.2, 0.25) is 0 Å². The van der Waals surface area contributed by atoms with Crippen molar-refractivity contribution in [2.45, 2.75) is 283 Å². The number of allylic oxidation sites excluding steroid dienone is 2. The van der Waals surface area contributed by atoms with E-state index in [0.717, 1.165) is 51.4 Å². The molecule has 0 bridgehead atoms. The minimum Gasteiger partial charge on any atom is -0.462 e. The molecule has 326 valence electrons. The fourth-order valence-electron chi connectivity index (χ4n) is 7.59. The average molecular weight is 778 g/mol. The highest BCUT2D eigenvalue weighted by Gasteiger charge is 2.24. The summed E-state index contributed by atoms with van der Waals surface area (Å²) in [5.74, 6) is -0.476. The number of hydrogen-bond acceptors (Lipinski definition) is 5. The number of esters is 1. The Bertz CT molecular complexity index is 832. The molecule has 0 fully saturated rings. The first-order valence-electron chi connectivity index (χ1n) is 24.4. The zero-order valence-corrected chi connectivity index (χ0v) is 37.1. The van der Waals surface area contributed by atoms with E-state index in [1.807, 2.05) is 0 Å². The predicted molar refractivity (Wildman–Crippen MR) is 237 cm³/mol. The van der Waals surface area contributed by atoms with Crippen LogP contribution >= 0.6 is 0 Å². The molecule has 3 atom stereocenters. The Morgan fingerprint density at radius 2 is 0.891 bits per heavy atom. The molecule has 0 aromatic rings. The number of carbonyl (C=O) groups is 2. The highest BCUT2D eigenvalue weighted by Crippen LogP contribution is 2.18. The minimum atomic E-state index is -0.781. The molecule has 0 aliphatic heterocycles. The van der Waals surface area contributed by atoms with Gasteiger partial charge in [-0.15, -0.1) is 0 Å². The van der Waals surface area contributed by atoms with Crippen LogP contribution in [-0.2, 0) is 14.3 Å². The van der Waals surface area contributed by atoms with Gasteiger partial charge >= 0.3 is 5.97 Å². The Labute approximate surface area is 342 Å². The highest BCUT2D eigenvalue weighted by atomic mass is 16.5. The Hall–Kier alpha value is -1.40. The van der Waals surface area contributed by atoms with Crippen molar-refractivity contribution in [1.82, 2.24) is 5.32 Å². The molecule has 3 unspecified atom stereocenters. The summed E-state index contributed by atoms with van der Waals surface area (Å²) in [6.07, 6.45) is 47.1. The summed E-state index contributed by atoms with van der Waals surface area (Å²) in [5.41, 5.74) is 0. The summed E-state index contributed by atoms with van der Waals surface area (Å²) < 4.78 is 5.88. The first-order chi connectivity index (χ1) is 27.0. The quantitative estimate of drug-likeness (QED) is 0.0325. The van der Waals surface area contributed by atoms with Gasteiger partial charge in [0.2, 0.25) is 5.91 Å². The second-order valence-corrected chi connectivity index (χ2v) is 16.9. The van der Waals surface area contributed by atoms with Gasteiger partial charge in [0.15, 0.2) is 0 Å². The molecule has 6 nitrogen and oxygen atoms in total. The second-order valence-electron chi connectivity index (χ2n) is 16.9. The van der Waals surface area contributed by atoms with Crippen LogP contribution in [0.5, 0.6) is 0 Å². The number of hydrogen-bond donors (Lipinski definition) is 3. The number of rotatable bonds is 44. The molecule has 3 N–H and O–H groups in total. The van der Waals surface area contributed by atoms with Gasteiger partial charge in [-0.3, -0.25) is 9.59 Å². The van der Waals surface area contributed by atoms with Gasteiger partial charge in [0.25, 0.3) is 0 Å². The summed E-state index contributed by atoms with van der Waals surface area (Å²) in [4.78, 5) is 25.9. The molecule has 0 aromatic carbocycles. The van der Waals surface area contributed by atoms with Gasteiger partial charge in [-0.2, -0.15) is 0 Å². The van der Waals surface area contributed by atoms with Crippen LogP contribution in [0.15, 0.2) is 12.2 Å². The molecule has 0 heterocycles. The number of aliphatic hydroxyl groups is 2. The zero-order chi connectivity index (χ0) is 40.3. The third-order valence-corrected chi connectivity index (χ3v) is 11.3. The number of aliphatic hydroxyl groups excluding tert-OH is 2. The highest BCUT2D eigenvalue weighted by molar-refractivity contribution is 5.77. The van der Waals surface area contributed by atoms with E-state index in [4.69, 9.17) is 4.74 Å². The first-order valence-corrected chi connectivity index (χ1v) is 24.4. The Morgan fingerprint density at radius 1 is 0.509 bits per heavy atom. The van der Waals surface area contributed by atoms with Crippen molar-refractivity contribution in [3.05, 3.63) is 12.2 Å². The molecule has 0 spiro atoms. The van der Waals surface area contributed by atoms with Crippen molar-refractivity contribution in [3.63, 3.8) is 0 Å². The van der Waals surface area contributed by atoms with E-state index in [0.29, 0.717) is 19.3 Å². The largest absolute Gasteiger partial charge is 0.462 e. The van der Waals surface area contributed by atoms with Gasteiger partial charge in [-0.25, -0.2) is 0 Å². The topological polar surface area (TPSA) is 95.9 Å². The number of amides is 1. The maximum absolute atomic E-state index is 13.1. The van der Waals surface area contributed by atoms with Gasteiger partial charge in [0.1, 0.15) is 6.10 Å². The number of carbonyl (C=O) groups excluding carboxylic acids is 2. The van der Waals surface area contributed by atoms with E-state index in [1.165, 1.54) is 167 Å². The Balaban J connectivity index is 4.36. The van der Waals surface area contributed by atoms with Crippen molar-refractivity contribution < 1.29 is 24.5 Å². The maximum Gasteiger partial charge on any atom is 0.306 e. The van der Waals surface area contributed by atoms with Gasteiger partial charge in [0, 0.05) is 6.42 Å². The molecule has 0 radical (unpaired) electrons. The third-order valence-electron chi connectivity index (χ3n) is 11.3. The monoisotopic (exact) mass is 778 g/mol. The molecule has 6 heteroatoms. The maximum atomic E-state index is 13.1. The first kappa shape index (κ1) is 53.6. The summed E-state index contributed by atoms with van der Waals surface area (Å²) in [6, 6.07) is -0.695. The second kappa shape index (κ2) is 43.7. The summed E-state index contributed by atoms with van der Waals surface area (Å²) in [7, 11) is 0. The van der Waals surface area contributed by atoms with E-state index in [-0.39, 0.29) is 24.9 Å². The molecule has 1 amide bonds. The van der Waals surface area contributed by atoms with Crippen molar-refractivity contribution in [2.24, 2.45) is 0 Å². The lowest BCUT2D eigenvalue weighted by Gasteiger charge is -2.24. The molecule has 0 aliphatic carbocycles. The van der Waals surface area contributed by atoms with Crippen molar-refractivity contribution in [2.75, 3.05) is 6.61 Å². The van der Waals surface area contributed by atoms with Crippen molar-refractivity contribution in [3.8, 4) is 0 Å². The Morgan fingerprint density at radius 3 is 1.35 bits per heavy atom. The fourth-order valence-corrected chi connectivity index (χ4v) is 7.59. The average Bonchev–Trinajstić information content (AvgIpc) is 3.18. The fraction of sp³-hybridized carbons (Fsp3) is 0.918. The third kappa shape index (κ3) is 39.2. The minimum absolute atomic E-state index is 0.0797. The molecule has 0 aromatic heterocycles. The van der Waals surface area contributed by atoms with Crippen LogP contribution in [-0.4, -0.2) is 46.9 Å². The van der Waals surface area contributed by atoms with Crippen molar-refractivity contribution >= 4 is 11.9 Å². The molecule has 0 saturated heterocycles. The van der Waals surface area contributed by atoms with E-state index >= 15 is 0 Å². The van der Waals surface area contributed by atoms with Gasteiger partial charge < -0.3 is 20.3 Å². The molecular weight excluding hydrogens is 683 g/mol. The summed E-state index contributed by atoms with van der Waals surface area (Å²) >= 11 is 0. The SMILES string of the molecule is CCCC/C=C\CCCCCCCC(=O)OC(CCCCCCCCCC)CC(=O)NC(CO)C(O)CCCCCCCCCCCCCCCCCCC. The molecular formula is C49H95NO5. The van der Waals surface area contributed by atoms with Gasteiger partial charge in [-0.1, -0.05) is 219 Å². The number of ether oxygens (including phenoxy) is 1. The lowest BCUT2D eigenvalue weighted by atomic mass is 10.0. The zero-order valence-electron chi connectivity index (χ0n) is 37.1. The van der Waals surface area contributed by atoms with Crippen LogP contribution < -0.4 is 5.32 Å². The van der Waals surface area contributed by atoms with Crippen molar-refractivity contribution in [1.29, 1.82) is 0 Å². The normalized spacial score (nSPS) is 13.3. The molecule has 0 saturated carbocycles. The van der Waals surface area contributed by atoms with Crippen LogP contribution in [0.1, 0.15) is 265 Å². The lowest BCUT2D eigenvalue weighted by molar-refractivity contribution is -0.151. The smallest absolute Gasteiger partial charge is 0.306 e. The predicted octanol–water partition coefficient (Wildman–Crippen LogP) is 14.2. The van der Waals surface area contributed by atoms with Gasteiger partial charge in [0.05, 0.1) is 25.2 Å². The summed E-state index contributed by atoms with van der Waals surface area (Å²) in [5, 5.41) is 23.7. The molecule has 0 rings (SSSR count). The summed E-state index contributed by atoms with van der Waals surface area (Å²) in [6.45, 7) is 6.44. The Kier molecular flexibility index (Phi) is 42.6.